The molecule has 2 heterocycles. The predicted molar refractivity (Wildman–Crippen MR) is 89.8 cm³/mol. The molecule has 0 radical (unpaired) electrons. The number of halogens is 2. The molecule has 0 N–H and O–H groups in total. The Morgan fingerprint density at radius 3 is 3.05 bits per heavy atom. The molecule has 0 saturated carbocycles. The number of rotatable bonds is 4. The van der Waals surface area contributed by atoms with Gasteiger partial charge in [0.2, 0.25) is 0 Å². The number of ether oxygens (including phenoxy) is 1. The first-order chi connectivity index (χ1) is 10.1. The second-order valence-corrected chi connectivity index (χ2v) is 7.27. The number of alkyl halides is 1. The Kier molecular flexibility index (Phi) is 4.57. The van der Waals surface area contributed by atoms with Gasteiger partial charge < -0.3 is 9.30 Å². The normalized spacial score (nSPS) is 23.8. The molecular formula is C16H20BrClN2O. The van der Waals surface area contributed by atoms with Crippen LogP contribution in [0.25, 0.3) is 11.0 Å². The molecule has 3 rings (SSSR count). The average Bonchev–Trinajstić information content (AvgIpc) is 3.04. The predicted octanol–water partition coefficient (Wildman–Crippen LogP) is 4.91. The van der Waals surface area contributed by atoms with Gasteiger partial charge in [-0.05, 0) is 38.0 Å². The summed E-state index contributed by atoms with van der Waals surface area (Å²) in [5.74, 6) is 1.49. The van der Waals surface area contributed by atoms with E-state index < -0.39 is 0 Å². The van der Waals surface area contributed by atoms with Crippen LogP contribution in [0.4, 0.5) is 0 Å². The quantitative estimate of drug-likeness (QED) is 0.714. The van der Waals surface area contributed by atoms with Crippen LogP contribution in [0.1, 0.15) is 37.9 Å². The number of fused-ring (bicyclic) bond motifs is 1. The van der Waals surface area contributed by atoms with Crippen LogP contribution in [0.2, 0.25) is 0 Å². The molecule has 0 bridgehead atoms. The molecule has 1 fully saturated rings. The van der Waals surface area contributed by atoms with Crippen molar-refractivity contribution in [3.8, 4) is 0 Å². The van der Waals surface area contributed by atoms with Gasteiger partial charge in [0.05, 0.1) is 22.5 Å². The topological polar surface area (TPSA) is 27.1 Å². The summed E-state index contributed by atoms with van der Waals surface area (Å²) in [7, 11) is 0. The molecule has 1 aliphatic rings. The summed E-state index contributed by atoms with van der Waals surface area (Å²) in [5, 5.41) is -0.0985. The van der Waals surface area contributed by atoms with Crippen LogP contribution < -0.4 is 0 Å². The molecule has 5 heteroatoms. The highest BCUT2D eigenvalue weighted by molar-refractivity contribution is 9.10. The minimum absolute atomic E-state index is 0.0985. The van der Waals surface area contributed by atoms with Crippen LogP contribution in [0.5, 0.6) is 0 Å². The Balaban J connectivity index is 2.02. The van der Waals surface area contributed by atoms with Crippen molar-refractivity contribution < 1.29 is 4.74 Å². The smallest absolute Gasteiger partial charge is 0.127 e. The minimum Gasteiger partial charge on any atom is -0.378 e. The van der Waals surface area contributed by atoms with Crippen molar-refractivity contribution in [2.75, 3.05) is 6.61 Å². The number of aromatic nitrogens is 2. The lowest BCUT2D eigenvalue weighted by molar-refractivity contribution is 0.0835. The summed E-state index contributed by atoms with van der Waals surface area (Å²) in [5.41, 5.74) is 2.15. The maximum absolute atomic E-state index is 6.35. The van der Waals surface area contributed by atoms with Gasteiger partial charge in [0.1, 0.15) is 5.82 Å². The highest BCUT2D eigenvalue weighted by Gasteiger charge is 2.28. The molecule has 21 heavy (non-hydrogen) atoms. The first-order valence-electron chi connectivity index (χ1n) is 7.51. The number of benzene rings is 1. The lowest BCUT2D eigenvalue weighted by Crippen LogP contribution is -2.21. The van der Waals surface area contributed by atoms with Crippen molar-refractivity contribution in [3.63, 3.8) is 0 Å². The van der Waals surface area contributed by atoms with Crippen LogP contribution in [0.3, 0.4) is 0 Å². The van der Waals surface area contributed by atoms with Crippen molar-refractivity contribution in [1.82, 2.24) is 9.55 Å². The molecule has 0 amide bonds. The van der Waals surface area contributed by atoms with E-state index in [1.54, 1.807) is 0 Å². The third-order valence-electron chi connectivity index (χ3n) is 4.26. The Morgan fingerprint density at radius 2 is 2.33 bits per heavy atom. The van der Waals surface area contributed by atoms with Crippen LogP contribution >= 0.6 is 27.5 Å². The Hall–Kier alpha value is -0.580. The number of nitrogens with zero attached hydrogens (tertiary/aromatic N) is 2. The van der Waals surface area contributed by atoms with Crippen molar-refractivity contribution in [2.24, 2.45) is 5.92 Å². The van der Waals surface area contributed by atoms with E-state index in [4.69, 9.17) is 21.3 Å². The summed E-state index contributed by atoms with van der Waals surface area (Å²) in [6.45, 7) is 5.97. The standard InChI is InChI=1S/C16H20BrClN2O/c1-3-15-11(6-7-21-15)9-20-14-8-12(17)4-5-13(14)19-16(20)10(2)18/h4-5,8,10-11,15H,3,6-7,9H2,1-2H3. The Morgan fingerprint density at radius 1 is 1.52 bits per heavy atom. The first kappa shape index (κ1) is 15.3. The third-order valence-corrected chi connectivity index (χ3v) is 4.95. The fourth-order valence-corrected chi connectivity index (χ4v) is 3.71. The zero-order valence-corrected chi connectivity index (χ0v) is 14.7. The SMILES string of the molecule is CCC1OCCC1Cn1c(C(C)Cl)nc2ccc(Br)cc21. The molecule has 0 spiro atoms. The van der Waals surface area contributed by atoms with Gasteiger partial charge in [0.15, 0.2) is 0 Å². The Bertz CT molecular complexity index is 640. The molecule has 1 aliphatic heterocycles. The Labute approximate surface area is 138 Å². The molecule has 3 unspecified atom stereocenters. The average molecular weight is 372 g/mol. The van der Waals surface area contributed by atoms with E-state index in [0.29, 0.717) is 12.0 Å². The van der Waals surface area contributed by atoms with Gasteiger partial charge >= 0.3 is 0 Å². The molecule has 3 atom stereocenters. The van der Waals surface area contributed by atoms with Crippen LogP contribution in [0.15, 0.2) is 22.7 Å². The fourth-order valence-electron chi connectivity index (χ4n) is 3.20. The fraction of sp³-hybridized carbons (Fsp3) is 0.562. The van der Waals surface area contributed by atoms with Gasteiger partial charge in [0, 0.05) is 23.5 Å². The van der Waals surface area contributed by atoms with E-state index in [-0.39, 0.29) is 5.38 Å². The van der Waals surface area contributed by atoms with Crippen LogP contribution in [0, 0.1) is 5.92 Å². The lowest BCUT2D eigenvalue weighted by Gasteiger charge is -2.20. The van der Waals surface area contributed by atoms with Crippen molar-refractivity contribution in [3.05, 3.63) is 28.5 Å². The molecule has 3 nitrogen and oxygen atoms in total. The number of imidazole rings is 1. The van der Waals surface area contributed by atoms with E-state index in [1.807, 2.05) is 19.1 Å². The second-order valence-electron chi connectivity index (χ2n) is 5.70. The summed E-state index contributed by atoms with van der Waals surface area (Å²) in [4.78, 5) is 4.72. The molecular weight excluding hydrogens is 352 g/mol. The summed E-state index contributed by atoms with van der Waals surface area (Å²) < 4.78 is 9.17. The molecule has 1 aromatic heterocycles. The third kappa shape index (κ3) is 2.99. The van der Waals surface area contributed by atoms with E-state index in [9.17, 15) is 0 Å². The molecule has 1 saturated heterocycles. The highest BCUT2D eigenvalue weighted by Crippen LogP contribution is 2.31. The molecule has 114 valence electrons. The largest absolute Gasteiger partial charge is 0.378 e. The van der Waals surface area contributed by atoms with Gasteiger partial charge in [0.25, 0.3) is 0 Å². The zero-order valence-electron chi connectivity index (χ0n) is 12.4. The van der Waals surface area contributed by atoms with Crippen LogP contribution in [-0.4, -0.2) is 22.3 Å². The van der Waals surface area contributed by atoms with Crippen molar-refractivity contribution >= 4 is 38.6 Å². The van der Waals surface area contributed by atoms with Gasteiger partial charge in [-0.15, -0.1) is 11.6 Å². The van der Waals surface area contributed by atoms with Gasteiger partial charge in [-0.1, -0.05) is 22.9 Å². The summed E-state index contributed by atoms with van der Waals surface area (Å²) in [6.07, 6.45) is 2.53. The maximum Gasteiger partial charge on any atom is 0.127 e. The van der Waals surface area contributed by atoms with Crippen LogP contribution in [-0.2, 0) is 11.3 Å². The molecule has 1 aromatic carbocycles. The maximum atomic E-state index is 6.35. The highest BCUT2D eigenvalue weighted by atomic mass is 79.9. The lowest BCUT2D eigenvalue weighted by atomic mass is 9.99. The summed E-state index contributed by atoms with van der Waals surface area (Å²) in [6, 6.07) is 6.19. The second kappa shape index (κ2) is 6.27. The zero-order chi connectivity index (χ0) is 15.0. The van der Waals surface area contributed by atoms with E-state index in [2.05, 4.69) is 33.5 Å². The van der Waals surface area contributed by atoms with E-state index in [0.717, 1.165) is 47.3 Å². The first-order valence-corrected chi connectivity index (χ1v) is 8.74. The molecule has 2 aromatic rings. The van der Waals surface area contributed by atoms with E-state index in [1.165, 1.54) is 0 Å². The molecule has 0 aliphatic carbocycles. The van der Waals surface area contributed by atoms with Crippen molar-refractivity contribution in [2.45, 2.75) is 44.7 Å². The monoisotopic (exact) mass is 370 g/mol. The number of hydrogen-bond acceptors (Lipinski definition) is 2. The van der Waals surface area contributed by atoms with E-state index >= 15 is 0 Å². The number of hydrogen-bond donors (Lipinski definition) is 0. The van der Waals surface area contributed by atoms with Gasteiger partial charge in [-0.3, -0.25) is 0 Å². The summed E-state index contributed by atoms with van der Waals surface area (Å²) >= 11 is 9.90. The van der Waals surface area contributed by atoms with Gasteiger partial charge in [-0.25, -0.2) is 4.98 Å². The van der Waals surface area contributed by atoms with Crippen molar-refractivity contribution in [1.29, 1.82) is 0 Å². The van der Waals surface area contributed by atoms with Gasteiger partial charge in [-0.2, -0.15) is 0 Å². The minimum atomic E-state index is -0.0985.